The van der Waals surface area contributed by atoms with Crippen LogP contribution in [0.5, 0.6) is 0 Å². The minimum absolute atomic E-state index is 0.0786. The summed E-state index contributed by atoms with van der Waals surface area (Å²) in [6.45, 7) is 0.0786. The van der Waals surface area contributed by atoms with Gasteiger partial charge in [-0.25, -0.2) is 23.1 Å². The predicted molar refractivity (Wildman–Crippen MR) is 98.8 cm³/mol. The summed E-state index contributed by atoms with van der Waals surface area (Å²) in [4.78, 5) is 8.54. The molecule has 0 saturated carbocycles. The van der Waals surface area contributed by atoms with Crippen LogP contribution < -0.4 is 10.0 Å². The lowest BCUT2D eigenvalue weighted by Gasteiger charge is -2.09. The highest BCUT2D eigenvalue weighted by Crippen LogP contribution is 2.24. The zero-order valence-corrected chi connectivity index (χ0v) is 15.1. The average Bonchev–Trinajstić information content (AvgIpc) is 3.31. The van der Waals surface area contributed by atoms with Crippen molar-refractivity contribution in [3.8, 4) is 0 Å². The number of furan rings is 1. The Labute approximate surface area is 155 Å². The van der Waals surface area contributed by atoms with E-state index in [1.807, 2.05) is 0 Å². The van der Waals surface area contributed by atoms with E-state index in [0.717, 1.165) is 5.39 Å². The van der Waals surface area contributed by atoms with Crippen LogP contribution in [-0.2, 0) is 23.6 Å². The molecule has 4 aromatic rings. The van der Waals surface area contributed by atoms with Gasteiger partial charge in [0.15, 0.2) is 5.65 Å². The van der Waals surface area contributed by atoms with Crippen LogP contribution in [0.15, 0.2) is 64.5 Å². The van der Waals surface area contributed by atoms with E-state index in [9.17, 15) is 8.42 Å². The number of hydrogen-bond acceptors (Lipinski definition) is 7. The van der Waals surface area contributed by atoms with Crippen molar-refractivity contribution < 1.29 is 12.8 Å². The Morgan fingerprint density at radius 1 is 1.19 bits per heavy atom. The van der Waals surface area contributed by atoms with E-state index < -0.39 is 10.0 Å². The molecule has 2 N–H and O–H groups in total. The quantitative estimate of drug-likeness (QED) is 0.523. The SMILES string of the molecule is Cn1ncc2c(Nc3cccc(S(=O)(=O)NCc4ccco4)c3)ncnc21. The molecule has 9 nitrogen and oxygen atoms in total. The van der Waals surface area contributed by atoms with Crippen molar-refractivity contribution in [3.63, 3.8) is 0 Å². The third-order valence-corrected chi connectivity index (χ3v) is 5.35. The summed E-state index contributed by atoms with van der Waals surface area (Å²) in [6.07, 6.45) is 4.58. The fourth-order valence-corrected chi connectivity index (χ4v) is 3.64. The molecule has 138 valence electrons. The van der Waals surface area contributed by atoms with Crippen LogP contribution in [0, 0.1) is 0 Å². The van der Waals surface area contributed by atoms with Gasteiger partial charge >= 0.3 is 0 Å². The molecule has 0 aliphatic rings. The summed E-state index contributed by atoms with van der Waals surface area (Å²) in [6, 6.07) is 9.88. The molecule has 4 rings (SSSR count). The number of anilines is 2. The summed E-state index contributed by atoms with van der Waals surface area (Å²) in [7, 11) is -1.90. The summed E-state index contributed by atoms with van der Waals surface area (Å²) in [5, 5.41) is 8.03. The van der Waals surface area contributed by atoms with Gasteiger partial charge in [0.2, 0.25) is 10.0 Å². The number of nitrogens with one attached hydrogen (secondary N) is 2. The van der Waals surface area contributed by atoms with Gasteiger partial charge in [0.1, 0.15) is 17.9 Å². The minimum atomic E-state index is -3.69. The normalized spacial score (nSPS) is 11.7. The maximum Gasteiger partial charge on any atom is 0.241 e. The molecular weight excluding hydrogens is 368 g/mol. The van der Waals surface area contributed by atoms with Gasteiger partial charge < -0.3 is 9.73 Å². The van der Waals surface area contributed by atoms with Crippen LogP contribution in [-0.4, -0.2) is 28.2 Å². The molecule has 0 saturated heterocycles. The maximum absolute atomic E-state index is 12.5. The van der Waals surface area contributed by atoms with Crippen molar-refractivity contribution in [3.05, 3.63) is 60.9 Å². The number of aryl methyl sites for hydroxylation is 1. The molecule has 3 aromatic heterocycles. The molecule has 0 spiro atoms. The Morgan fingerprint density at radius 2 is 2.07 bits per heavy atom. The number of fused-ring (bicyclic) bond motifs is 1. The van der Waals surface area contributed by atoms with Crippen LogP contribution in [0.3, 0.4) is 0 Å². The van der Waals surface area contributed by atoms with E-state index in [0.29, 0.717) is 22.9 Å². The second-order valence-electron chi connectivity index (χ2n) is 5.78. The standard InChI is InChI=1S/C17H16N6O3S/c1-23-17-15(10-20-23)16(18-11-19-17)22-12-4-2-6-14(8-12)27(24,25)21-9-13-5-3-7-26-13/h2-8,10-11,21H,9H2,1H3,(H,18,19,22). The Morgan fingerprint density at radius 3 is 2.89 bits per heavy atom. The number of benzene rings is 1. The zero-order chi connectivity index (χ0) is 18.9. The number of hydrogen-bond donors (Lipinski definition) is 2. The molecular formula is C17H16N6O3S. The number of rotatable bonds is 6. The van der Waals surface area contributed by atoms with E-state index in [1.165, 1.54) is 24.7 Å². The summed E-state index contributed by atoms with van der Waals surface area (Å²) in [5.74, 6) is 1.08. The molecule has 0 fully saturated rings. The van der Waals surface area contributed by atoms with Gasteiger partial charge in [0, 0.05) is 12.7 Å². The highest BCUT2D eigenvalue weighted by molar-refractivity contribution is 7.89. The first-order valence-electron chi connectivity index (χ1n) is 8.05. The second kappa shape index (κ2) is 6.82. The molecule has 0 bridgehead atoms. The predicted octanol–water partition coefficient (Wildman–Crippen LogP) is 2.18. The Kier molecular flexibility index (Phi) is 4.34. The molecule has 3 heterocycles. The summed E-state index contributed by atoms with van der Waals surface area (Å²) in [5.41, 5.74) is 1.26. The molecule has 10 heteroatoms. The van der Waals surface area contributed by atoms with Crippen LogP contribution in [0.1, 0.15) is 5.76 Å². The third-order valence-electron chi connectivity index (χ3n) is 3.95. The van der Waals surface area contributed by atoms with Crippen molar-refractivity contribution in [2.45, 2.75) is 11.4 Å². The van der Waals surface area contributed by atoms with Gasteiger partial charge in [0.05, 0.1) is 29.3 Å². The fraction of sp³-hybridized carbons (Fsp3) is 0.118. The number of nitrogens with zero attached hydrogens (tertiary/aromatic N) is 4. The van der Waals surface area contributed by atoms with Crippen molar-refractivity contribution in [2.24, 2.45) is 7.05 Å². The van der Waals surface area contributed by atoms with Crippen LogP contribution in [0.25, 0.3) is 11.0 Å². The molecule has 0 aliphatic carbocycles. The first-order chi connectivity index (χ1) is 13.0. The third kappa shape index (κ3) is 3.52. The molecule has 1 aromatic carbocycles. The van der Waals surface area contributed by atoms with Crippen molar-refractivity contribution in [1.29, 1.82) is 0 Å². The van der Waals surface area contributed by atoms with Gasteiger partial charge in [-0.3, -0.25) is 4.68 Å². The van der Waals surface area contributed by atoms with E-state index in [-0.39, 0.29) is 11.4 Å². The Bertz CT molecular complexity index is 1180. The van der Waals surface area contributed by atoms with Crippen LogP contribution in [0.4, 0.5) is 11.5 Å². The maximum atomic E-state index is 12.5. The smallest absolute Gasteiger partial charge is 0.241 e. The first-order valence-corrected chi connectivity index (χ1v) is 9.53. The summed E-state index contributed by atoms with van der Waals surface area (Å²) >= 11 is 0. The van der Waals surface area contributed by atoms with Crippen LogP contribution in [0.2, 0.25) is 0 Å². The van der Waals surface area contributed by atoms with Crippen molar-refractivity contribution in [1.82, 2.24) is 24.5 Å². The highest BCUT2D eigenvalue weighted by atomic mass is 32.2. The molecule has 27 heavy (non-hydrogen) atoms. The van der Waals surface area contributed by atoms with Gasteiger partial charge in [-0.15, -0.1) is 0 Å². The van der Waals surface area contributed by atoms with Crippen molar-refractivity contribution in [2.75, 3.05) is 5.32 Å². The lowest BCUT2D eigenvalue weighted by molar-refractivity contribution is 0.498. The Balaban J connectivity index is 1.58. The first kappa shape index (κ1) is 17.2. The average molecular weight is 384 g/mol. The molecule has 0 amide bonds. The fourth-order valence-electron chi connectivity index (χ4n) is 2.60. The van der Waals surface area contributed by atoms with Gasteiger partial charge in [-0.1, -0.05) is 6.07 Å². The van der Waals surface area contributed by atoms with E-state index in [1.54, 1.807) is 42.2 Å². The van der Waals surface area contributed by atoms with E-state index in [2.05, 4.69) is 25.1 Å². The number of sulfonamides is 1. The van der Waals surface area contributed by atoms with Gasteiger partial charge in [-0.05, 0) is 30.3 Å². The van der Waals surface area contributed by atoms with Crippen LogP contribution >= 0.6 is 0 Å². The monoisotopic (exact) mass is 384 g/mol. The van der Waals surface area contributed by atoms with Crippen molar-refractivity contribution >= 4 is 32.6 Å². The molecule has 0 unspecified atom stereocenters. The second-order valence-corrected chi connectivity index (χ2v) is 7.55. The van der Waals surface area contributed by atoms with E-state index in [4.69, 9.17) is 4.42 Å². The lowest BCUT2D eigenvalue weighted by Crippen LogP contribution is -2.23. The number of aromatic nitrogens is 4. The van der Waals surface area contributed by atoms with E-state index >= 15 is 0 Å². The topological polar surface area (TPSA) is 115 Å². The molecule has 0 atom stereocenters. The zero-order valence-electron chi connectivity index (χ0n) is 14.3. The summed E-state index contributed by atoms with van der Waals surface area (Å²) < 4.78 is 34.4. The van der Waals surface area contributed by atoms with Gasteiger partial charge in [-0.2, -0.15) is 5.10 Å². The lowest BCUT2D eigenvalue weighted by atomic mass is 10.3. The minimum Gasteiger partial charge on any atom is -0.468 e. The largest absolute Gasteiger partial charge is 0.468 e. The Hall–Kier alpha value is -3.24. The molecule has 0 aliphatic heterocycles. The van der Waals surface area contributed by atoms with Gasteiger partial charge in [0.25, 0.3) is 0 Å². The highest BCUT2D eigenvalue weighted by Gasteiger charge is 2.15. The molecule has 0 radical (unpaired) electrons.